The van der Waals surface area contributed by atoms with Crippen LogP contribution in [0.15, 0.2) is 24.8 Å². The Kier molecular flexibility index (Phi) is 26.5. The largest absolute Gasteiger partial charge is 0.481 e. The number of amides is 2. The highest BCUT2D eigenvalue weighted by atomic mass is 32.2. The molecule has 0 saturated carbocycles. The number of phosphoric ester groups is 3. The third-order valence-corrected chi connectivity index (χ3v) is 14.2. The number of aliphatic hydroxyl groups excluding tert-OH is 2. The van der Waals surface area contributed by atoms with Crippen molar-refractivity contribution in [3.8, 4) is 0 Å². The summed E-state index contributed by atoms with van der Waals surface area (Å²) in [6.07, 6.45) is 12.0. The summed E-state index contributed by atoms with van der Waals surface area (Å²) >= 11 is 1.15. The van der Waals surface area contributed by atoms with Gasteiger partial charge in [-0.25, -0.2) is 28.6 Å². The number of rotatable bonds is 33. The summed E-state index contributed by atoms with van der Waals surface area (Å²) in [5.74, 6) is -1.03. The van der Waals surface area contributed by atoms with Crippen molar-refractivity contribution in [3.63, 3.8) is 0 Å². The van der Waals surface area contributed by atoms with Crippen molar-refractivity contribution in [2.24, 2.45) is 5.41 Å². The van der Waals surface area contributed by atoms with E-state index in [1.54, 1.807) is 0 Å². The number of fused-ring (bicyclic) bond motifs is 1. The number of hydrogen-bond donors (Lipinski definition) is 10. The van der Waals surface area contributed by atoms with E-state index in [1.165, 1.54) is 58.8 Å². The Bertz CT molecular complexity index is 2030. The van der Waals surface area contributed by atoms with Crippen LogP contribution >= 0.6 is 35.2 Å². The molecule has 7 atom stereocenters. The Morgan fingerprint density at radius 3 is 2.19 bits per heavy atom. The molecule has 1 fully saturated rings. The number of ether oxygens (including phenoxy) is 1. The maximum absolute atomic E-state index is 12.7. The molecule has 1 aliphatic rings. The lowest BCUT2D eigenvalue weighted by atomic mass is 9.87. The van der Waals surface area contributed by atoms with Crippen LogP contribution in [0.4, 0.5) is 5.82 Å². The van der Waals surface area contributed by atoms with Gasteiger partial charge >= 0.3 is 23.5 Å². The fourth-order valence-corrected chi connectivity index (χ4v) is 10.1. The molecule has 3 heterocycles. The molecule has 25 nitrogen and oxygen atoms in total. The summed E-state index contributed by atoms with van der Waals surface area (Å²) in [6.45, 7) is 2.78. The van der Waals surface area contributed by atoms with E-state index in [4.69, 9.17) is 19.5 Å². The number of carbonyl (C=O) groups excluding carboxylic acids is 3. The summed E-state index contributed by atoms with van der Waals surface area (Å²) in [6, 6.07) is 0. The summed E-state index contributed by atoms with van der Waals surface area (Å²) in [4.78, 5) is 88.3. The van der Waals surface area contributed by atoms with Gasteiger partial charge in [0, 0.05) is 37.1 Å². The lowest BCUT2D eigenvalue weighted by Crippen LogP contribution is -2.46. The number of anilines is 1. The number of unbranched alkanes of at least 4 members (excludes halogenated alkanes) is 10. The van der Waals surface area contributed by atoms with Crippen LogP contribution in [0.2, 0.25) is 0 Å². The van der Waals surface area contributed by atoms with Crippen LogP contribution in [0.1, 0.15) is 117 Å². The molecular weight excluding hydrogens is 965 g/mol. The van der Waals surface area contributed by atoms with Crippen molar-refractivity contribution in [2.75, 3.05) is 37.8 Å². The van der Waals surface area contributed by atoms with E-state index in [2.05, 4.69) is 53.5 Å². The lowest BCUT2D eigenvalue weighted by molar-refractivity contribution is -0.137. The number of carbonyl (C=O) groups is 3. The number of phosphoric acid groups is 3. The molecule has 2 aromatic heterocycles. The van der Waals surface area contributed by atoms with E-state index in [-0.39, 0.29) is 47.8 Å². The third-order valence-electron chi connectivity index (χ3n) is 10.2. The number of nitrogens with two attached hydrogens (primary N) is 1. The molecular formula is C38H69N8O17P3S. The monoisotopic (exact) mass is 1030 g/mol. The number of nitrogen functional groups attached to an aromatic ring is 1. The number of nitrogens with one attached hydrogen (secondary N) is 2. The van der Waals surface area contributed by atoms with Crippen molar-refractivity contribution in [2.45, 2.75) is 141 Å². The molecule has 0 aromatic carbocycles. The quantitative estimate of drug-likeness (QED) is 0.0268. The molecule has 13 N–H and O–H groups in total. The Labute approximate surface area is 394 Å². The Morgan fingerprint density at radius 1 is 0.910 bits per heavy atom. The molecule has 384 valence electrons. The molecule has 3 rings (SSSR count). The van der Waals surface area contributed by atoms with Crippen molar-refractivity contribution in [1.29, 1.82) is 0 Å². The average Bonchev–Trinajstić information content (AvgIpc) is 3.80. The second-order valence-electron chi connectivity index (χ2n) is 16.3. The van der Waals surface area contributed by atoms with Crippen LogP contribution in [-0.2, 0) is 50.7 Å². The van der Waals surface area contributed by atoms with E-state index < -0.39 is 84.6 Å². The first-order valence-corrected chi connectivity index (χ1v) is 27.3. The van der Waals surface area contributed by atoms with Crippen LogP contribution in [0.3, 0.4) is 0 Å². The topological polar surface area (TPSA) is 399 Å². The number of aliphatic hydroxyl groups is 2. The van der Waals surface area contributed by atoms with Crippen LogP contribution < -0.4 is 22.5 Å². The van der Waals surface area contributed by atoms with Crippen LogP contribution in [0.5, 0.6) is 0 Å². The predicted octanol–water partition coefficient (Wildman–Crippen LogP) is 4.47. The van der Waals surface area contributed by atoms with Crippen LogP contribution in [-0.4, -0.2) is 123 Å². The van der Waals surface area contributed by atoms with Gasteiger partial charge < -0.3 is 57.0 Å². The Morgan fingerprint density at radius 2 is 1.54 bits per heavy atom. The third kappa shape index (κ3) is 22.3. The minimum atomic E-state index is -5.57. The van der Waals surface area contributed by atoms with Gasteiger partial charge in [0.15, 0.2) is 22.8 Å². The van der Waals surface area contributed by atoms with Gasteiger partial charge in [-0.15, -0.1) is 0 Å². The van der Waals surface area contributed by atoms with Crippen molar-refractivity contribution < 1.29 is 80.5 Å². The van der Waals surface area contributed by atoms with E-state index >= 15 is 0 Å². The van der Waals surface area contributed by atoms with Crippen LogP contribution in [0, 0.1) is 5.41 Å². The normalized spacial score (nSPS) is 20.0. The maximum atomic E-state index is 12.7. The predicted molar refractivity (Wildman–Crippen MR) is 247 cm³/mol. The number of thioether (sulfide) groups is 1. The molecule has 67 heavy (non-hydrogen) atoms. The highest BCUT2D eigenvalue weighted by molar-refractivity contribution is 8.13. The van der Waals surface area contributed by atoms with E-state index in [0.29, 0.717) is 12.2 Å². The average molecular weight is 1030 g/mol. The first kappa shape index (κ1) is 60.4. The molecule has 2 amide bonds. The molecule has 1 saturated heterocycles. The van der Waals surface area contributed by atoms with E-state index in [9.17, 15) is 57.9 Å². The molecule has 0 aliphatic carbocycles. The number of hydrogen-bond acceptors (Lipinski definition) is 19. The second kappa shape index (κ2) is 29.4. The SMILES string of the molecule is CCCCCC/C=C\CCCCCCCCC(=O)SCCNC(=O)CCNC(=O)[C@H](O)C(C)(C)COP(=O)(O)OP(=O)(O)OC[C@H]1O[C@@H](n2cnc3c(N)ncnc32)[C@H](O)[C@@H]1OP(=O)(O)O.N. The van der Waals surface area contributed by atoms with Gasteiger partial charge in [-0.05, 0) is 32.1 Å². The van der Waals surface area contributed by atoms with Crippen LogP contribution in [0.25, 0.3) is 11.2 Å². The van der Waals surface area contributed by atoms with Gasteiger partial charge in [0.05, 0.1) is 19.5 Å². The molecule has 29 heteroatoms. The Balaban J connectivity index is 0.0000154. The van der Waals surface area contributed by atoms with Gasteiger partial charge in [0.2, 0.25) is 11.8 Å². The zero-order chi connectivity index (χ0) is 49.0. The van der Waals surface area contributed by atoms with Crippen molar-refractivity contribution >= 4 is 69.1 Å². The zero-order valence-corrected chi connectivity index (χ0v) is 41.6. The minimum Gasteiger partial charge on any atom is -0.386 e. The zero-order valence-electron chi connectivity index (χ0n) is 38.1. The summed E-state index contributed by atoms with van der Waals surface area (Å²) in [5.41, 5.74) is 4.28. The number of allylic oxidation sites excluding steroid dienone is 2. The summed E-state index contributed by atoms with van der Waals surface area (Å²) < 4.78 is 62.4. The molecule has 1 aliphatic heterocycles. The van der Waals surface area contributed by atoms with Gasteiger partial charge in [0.1, 0.15) is 36.3 Å². The highest BCUT2D eigenvalue weighted by Gasteiger charge is 2.50. The highest BCUT2D eigenvalue weighted by Crippen LogP contribution is 2.61. The molecule has 0 spiro atoms. The van der Waals surface area contributed by atoms with E-state index in [0.717, 1.165) is 61.1 Å². The molecule has 0 bridgehead atoms. The smallest absolute Gasteiger partial charge is 0.386 e. The van der Waals surface area contributed by atoms with Gasteiger partial charge in [-0.2, -0.15) is 4.31 Å². The Hall–Kier alpha value is -2.74. The standard InChI is InChI=1S/C38H66N7O17P3S.H3N/c1-4-5-6-7-8-9-10-11-12-13-14-15-16-17-18-29(47)66-22-21-40-28(46)19-20-41-36(50)33(49)38(2,3)24-59-65(56,57)62-64(54,55)58-23-27-32(61-63(51,52)53)31(48)37(60-27)45-26-44-30-34(39)42-25-43-35(30)45;/h9-10,25-27,31-33,37,48-49H,4-8,11-24H2,1-3H3,(H,40,46)(H,41,50)(H,54,55)(H,56,57)(H2,39,42,43)(H2,51,52,53);1H3/b10-9-;/t27-,31-,32-,33+,37-;/m1./s1. The number of imidazole rings is 1. The number of nitrogens with zero attached hydrogens (tertiary/aromatic N) is 4. The fraction of sp³-hybridized carbons (Fsp3) is 0.737. The van der Waals surface area contributed by atoms with Gasteiger partial charge in [0.25, 0.3) is 0 Å². The first-order valence-electron chi connectivity index (χ1n) is 21.8. The second-order valence-corrected chi connectivity index (χ2v) is 21.7. The van der Waals surface area contributed by atoms with Gasteiger partial charge in [-0.3, -0.25) is 32.5 Å². The van der Waals surface area contributed by atoms with Crippen molar-refractivity contribution in [1.82, 2.24) is 36.3 Å². The van der Waals surface area contributed by atoms with E-state index in [1.807, 2.05) is 0 Å². The maximum Gasteiger partial charge on any atom is 0.481 e. The lowest BCUT2D eigenvalue weighted by Gasteiger charge is -2.30. The summed E-state index contributed by atoms with van der Waals surface area (Å²) in [5, 5.41) is 26.6. The molecule has 0 radical (unpaired) electrons. The van der Waals surface area contributed by atoms with Crippen molar-refractivity contribution in [3.05, 3.63) is 24.8 Å². The summed E-state index contributed by atoms with van der Waals surface area (Å²) in [7, 11) is -16.4. The fourth-order valence-electron chi connectivity index (χ4n) is 6.53. The van der Waals surface area contributed by atoms with Gasteiger partial charge in [-0.1, -0.05) is 89.6 Å². The number of aromatic nitrogens is 4. The minimum absolute atomic E-state index is 0. The first-order chi connectivity index (χ1) is 31.1. The molecule has 2 unspecified atom stereocenters. The molecule has 2 aromatic rings.